The number of hydrogen-bond acceptors (Lipinski definition) is 4. The molecule has 1 aromatic heterocycles. The lowest BCUT2D eigenvalue weighted by molar-refractivity contribution is -0.121. The van der Waals surface area contributed by atoms with Crippen molar-refractivity contribution in [1.29, 1.82) is 0 Å². The van der Waals surface area contributed by atoms with Crippen molar-refractivity contribution >= 4 is 17.5 Å². The van der Waals surface area contributed by atoms with Crippen LogP contribution in [0.2, 0.25) is 5.02 Å². The number of halogens is 1. The van der Waals surface area contributed by atoms with E-state index in [1.54, 1.807) is 25.3 Å². The summed E-state index contributed by atoms with van der Waals surface area (Å²) in [4.78, 5) is 24.2. The Balaban J connectivity index is 1.62. The number of ether oxygens (including phenoxy) is 1. The number of rotatable bonds is 7. The number of carbonyl (C=O) groups excluding carboxylic acids is 1. The summed E-state index contributed by atoms with van der Waals surface area (Å²) in [6.07, 6.45) is 0.145. The van der Waals surface area contributed by atoms with E-state index in [2.05, 4.69) is 10.4 Å². The van der Waals surface area contributed by atoms with Crippen molar-refractivity contribution in [3.63, 3.8) is 0 Å². The van der Waals surface area contributed by atoms with Crippen LogP contribution in [0.5, 0.6) is 5.75 Å². The van der Waals surface area contributed by atoms with Crippen molar-refractivity contribution in [2.75, 3.05) is 7.11 Å². The van der Waals surface area contributed by atoms with Crippen molar-refractivity contribution in [2.45, 2.75) is 19.5 Å². The number of hydrogen-bond donors (Lipinski definition) is 1. The van der Waals surface area contributed by atoms with Gasteiger partial charge in [0.25, 0.3) is 5.56 Å². The Hall–Kier alpha value is -3.12. The highest BCUT2D eigenvalue weighted by molar-refractivity contribution is 6.30. The van der Waals surface area contributed by atoms with E-state index >= 15 is 0 Å². The zero-order chi connectivity index (χ0) is 19.9. The third-order valence-electron chi connectivity index (χ3n) is 4.23. The molecule has 0 fully saturated rings. The molecule has 28 heavy (non-hydrogen) atoms. The molecular weight excluding hydrogens is 378 g/mol. The Morgan fingerprint density at radius 3 is 2.61 bits per heavy atom. The molecule has 3 rings (SSSR count). The molecule has 2 aromatic carbocycles. The summed E-state index contributed by atoms with van der Waals surface area (Å²) in [5.74, 6) is 0.549. The van der Waals surface area contributed by atoms with Crippen LogP contribution in [-0.2, 0) is 17.9 Å². The molecule has 0 aliphatic carbocycles. The van der Waals surface area contributed by atoms with E-state index < -0.39 is 0 Å². The summed E-state index contributed by atoms with van der Waals surface area (Å²) in [5.41, 5.74) is 2.12. The first kappa shape index (κ1) is 19.6. The Kier molecular flexibility index (Phi) is 6.45. The summed E-state index contributed by atoms with van der Waals surface area (Å²) in [6.45, 7) is 0.550. The van der Waals surface area contributed by atoms with Crippen LogP contribution in [0.25, 0.3) is 11.3 Å². The van der Waals surface area contributed by atoms with Gasteiger partial charge in [0.15, 0.2) is 0 Å². The number of para-hydroxylation sites is 1. The fraction of sp³-hybridized carbons (Fsp3) is 0.190. The third-order valence-corrected chi connectivity index (χ3v) is 4.48. The van der Waals surface area contributed by atoms with Gasteiger partial charge in [-0.05, 0) is 24.3 Å². The molecule has 0 unspecified atom stereocenters. The number of aromatic nitrogens is 2. The zero-order valence-electron chi connectivity index (χ0n) is 15.4. The van der Waals surface area contributed by atoms with Gasteiger partial charge in [0.05, 0.1) is 19.3 Å². The number of methoxy groups -OCH3 is 1. The lowest BCUT2D eigenvalue weighted by Crippen LogP contribution is -2.28. The van der Waals surface area contributed by atoms with Crippen LogP contribution in [0.1, 0.15) is 12.0 Å². The molecule has 0 aliphatic rings. The predicted octanol–water partition coefficient (Wildman–Crippen LogP) is 3.28. The van der Waals surface area contributed by atoms with Crippen LogP contribution >= 0.6 is 11.6 Å². The zero-order valence-corrected chi connectivity index (χ0v) is 16.1. The molecule has 0 saturated heterocycles. The average molecular weight is 398 g/mol. The van der Waals surface area contributed by atoms with Crippen LogP contribution in [0, 0.1) is 0 Å². The Labute approximate surface area is 167 Å². The maximum atomic E-state index is 12.2. The summed E-state index contributed by atoms with van der Waals surface area (Å²) in [5, 5.41) is 7.82. The predicted molar refractivity (Wildman–Crippen MR) is 108 cm³/mol. The van der Waals surface area contributed by atoms with Crippen LogP contribution in [-0.4, -0.2) is 22.8 Å². The standard InChI is InChI=1S/C21H20ClN3O3/c1-28-19-5-3-2-4-16(19)14-23-20(26)12-13-25-21(27)11-10-18(24-25)15-6-8-17(22)9-7-15/h2-11H,12-14H2,1H3,(H,23,26). The SMILES string of the molecule is COc1ccccc1CNC(=O)CCn1nc(-c2ccc(Cl)cc2)ccc1=O. The van der Waals surface area contributed by atoms with Crippen LogP contribution in [0.3, 0.4) is 0 Å². The minimum absolute atomic E-state index is 0.145. The molecule has 7 heteroatoms. The number of nitrogens with zero attached hydrogens (tertiary/aromatic N) is 2. The van der Waals surface area contributed by atoms with E-state index in [4.69, 9.17) is 16.3 Å². The highest BCUT2D eigenvalue weighted by Crippen LogP contribution is 2.18. The molecule has 0 saturated carbocycles. The molecule has 0 atom stereocenters. The molecular formula is C21H20ClN3O3. The second kappa shape index (κ2) is 9.19. The molecule has 0 aliphatic heterocycles. The highest BCUT2D eigenvalue weighted by atomic mass is 35.5. The second-order valence-electron chi connectivity index (χ2n) is 6.13. The first-order chi connectivity index (χ1) is 13.6. The van der Waals surface area contributed by atoms with Gasteiger partial charge in [-0.3, -0.25) is 9.59 Å². The van der Waals surface area contributed by atoms with E-state index in [1.165, 1.54) is 10.7 Å². The highest BCUT2D eigenvalue weighted by Gasteiger charge is 2.08. The van der Waals surface area contributed by atoms with Gasteiger partial charge in [-0.1, -0.05) is 41.9 Å². The van der Waals surface area contributed by atoms with Crippen molar-refractivity contribution in [3.05, 3.63) is 81.6 Å². The normalized spacial score (nSPS) is 10.5. The van der Waals surface area contributed by atoms with Gasteiger partial charge in [0, 0.05) is 35.2 Å². The van der Waals surface area contributed by atoms with Gasteiger partial charge in [-0.2, -0.15) is 5.10 Å². The largest absolute Gasteiger partial charge is 0.496 e. The molecule has 1 heterocycles. The lowest BCUT2D eigenvalue weighted by atomic mass is 10.1. The summed E-state index contributed by atoms with van der Waals surface area (Å²) >= 11 is 5.91. The van der Waals surface area contributed by atoms with Gasteiger partial charge < -0.3 is 10.1 Å². The number of benzene rings is 2. The monoisotopic (exact) mass is 397 g/mol. The van der Waals surface area contributed by atoms with E-state index in [9.17, 15) is 9.59 Å². The van der Waals surface area contributed by atoms with E-state index in [1.807, 2.05) is 36.4 Å². The van der Waals surface area contributed by atoms with E-state index in [0.717, 1.165) is 16.9 Å². The minimum Gasteiger partial charge on any atom is -0.496 e. The fourth-order valence-electron chi connectivity index (χ4n) is 2.72. The number of amides is 1. The molecule has 1 N–H and O–H groups in total. The quantitative estimate of drug-likeness (QED) is 0.664. The Bertz CT molecular complexity index is 1020. The molecule has 6 nitrogen and oxygen atoms in total. The van der Waals surface area contributed by atoms with Crippen molar-refractivity contribution in [3.8, 4) is 17.0 Å². The van der Waals surface area contributed by atoms with Gasteiger partial charge in [0.2, 0.25) is 5.91 Å². The Morgan fingerprint density at radius 1 is 1.11 bits per heavy atom. The van der Waals surface area contributed by atoms with Crippen molar-refractivity contribution < 1.29 is 9.53 Å². The molecule has 1 amide bonds. The second-order valence-corrected chi connectivity index (χ2v) is 6.56. The Morgan fingerprint density at radius 2 is 1.86 bits per heavy atom. The average Bonchev–Trinajstić information content (AvgIpc) is 2.72. The van der Waals surface area contributed by atoms with Gasteiger partial charge in [0.1, 0.15) is 5.75 Å². The smallest absolute Gasteiger partial charge is 0.266 e. The van der Waals surface area contributed by atoms with Crippen LogP contribution in [0.4, 0.5) is 0 Å². The maximum absolute atomic E-state index is 12.2. The first-order valence-electron chi connectivity index (χ1n) is 8.79. The summed E-state index contributed by atoms with van der Waals surface area (Å²) < 4.78 is 6.57. The fourth-order valence-corrected chi connectivity index (χ4v) is 2.85. The van der Waals surface area contributed by atoms with Gasteiger partial charge >= 0.3 is 0 Å². The molecule has 3 aromatic rings. The topological polar surface area (TPSA) is 73.2 Å². The number of nitrogens with one attached hydrogen (secondary N) is 1. The van der Waals surface area contributed by atoms with Gasteiger partial charge in [-0.25, -0.2) is 4.68 Å². The minimum atomic E-state index is -0.254. The molecule has 0 radical (unpaired) electrons. The van der Waals surface area contributed by atoms with Gasteiger partial charge in [-0.15, -0.1) is 0 Å². The van der Waals surface area contributed by atoms with E-state index in [-0.39, 0.29) is 24.4 Å². The molecule has 0 spiro atoms. The molecule has 0 bridgehead atoms. The summed E-state index contributed by atoms with van der Waals surface area (Å²) in [6, 6.07) is 17.8. The number of aryl methyl sites for hydroxylation is 1. The lowest BCUT2D eigenvalue weighted by Gasteiger charge is -2.10. The molecule has 144 valence electrons. The maximum Gasteiger partial charge on any atom is 0.266 e. The third kappa shape index (κ3) is 4.98. The van der Waals surface area contributed by atoms with Crippen molar-refractivity contribution in [1.82, 2.24) is 15.1 Å². The van der Waals surface area contributed by atoms with E-state index in [0.29, 0.717) is 17.3 Å². The van der Waals surface area contributed by atoms with Crippen LogP contribution in [0.15, 0.2) is 65.5 Å². The summed E-state index contributed by atoms with van der Waals surface area (Å²) in [7, 11) is 1.59. The van der Waals surface area contributed by atoms with Crippen LogP contribution < -0.4 is 15.6 Å². The number of carbonyl (C=O) groups is 1. The van der Waals surface area contributed by atoms with Crippen molar-refractivity contribution in [2.24, 2.45) is 0 Å². The first-order valence-corrected chi connectivity index (χ1v) is 9.17.